The van der Waals surface area contributed by atoms with Crippen LogP contribution in [0.4, 0.5) is 0 Å². The molecule has 0 aromatic heterocycles. The number of primary amides is 1. The zero-order valence-electron chi connectivity index (χ0n) is 10.3. The molecule has 0 saturated carbocycles. The Morgan fingerprint density at radius 2 is 2.17 bits per heavy atom. The number of halogens is 2. The van der Waals surface area contributed by atoms with Crippen molar-refractivity contribution in [1.82, 2.24) is 5.32 Å². The van der Waals surface area contributed by atoms with Crippen LogP contribution >= 0.6 is 35.0 Å². The fraction of sp³-hybridized carbons (Fsp3) is 0.417. The highest BCUT2D eigenvalue weighted by molar-refractivity contribution is 7.99. The van der Waals surface area contributed by atoms with Gasteiger partial charge < -0.3 is 11.1 Å². The molecule has 1 aromatic carbocycles. The molecule has 0 spiro atoms. The molecule has 0 aliphatic carbocycles. The number of hydrogen-bond acceptors (Lipinski definition) is 3. The molecular formula is C12H16Cl2N2OS. The van der Waals surface area contributed by atoms with E-state index in [-0.39, 0.29) is 5.91 Å². The number of carbonyl (C=O) groups excluding carboxylic acids is 1. The van der Waals surface area contributed by atoms with Gasteiger partial charge in [0.25, 0.3) is 0 Å². The van der Waals surface area contributed by atoms with Crippen LogP contribution in [0, 0.1) is 0 Å². The third-order valence-corrected chi connectivity index (χ3v) is 4.57. The van der Waals surface area contributed by atoms with E-state index in [9.17, 15) is 4.79 Å². The third kappa shape index (κ3) is 4.05. The number of hydrogen-bond donors (Lipinski definition) is 2. The van der Waals surface area contributed by atoms with Gasteiger partial charge in [0.2, 0.25) is 5.91 Å². The largest absolute Gasteiger partial charge is 0.368 e. The molecule has 1 atom stereocenters. The van der Waals surface area contributed by atoms with Crippen molar-refractivity contribution in [3.8, 4) is 0 Å². The molecule has 3 nitrogen and oxygen atoms in total. The summed E-state index contributed by atoms with van der Waals surface area (Å²) < 4.78 is 0. The first kappa shape index (κ1) is 15.6. The van der Waals surface area contributed by atoms with Crippen molar-refractivity contribution >= 4 is 40.9 Å². The van der Waals surface area contributed by atoms with E-state index in [2.05, 4.69) is 5.32 Å². The van der Waals surface area contributed by atoms with Gasteiger partial charge in [0.15, 0.2) is 0 Å². The predicted molar refractivity (Wildman–Crippen MR) is 78.5 cm³/mol. The van der Waals surface area contributed by atoms with Crippen LogP contribution in [0.25, 0.3) is 0 Å². The summed E-state index contributed by atoms with van der Waals surface area (Å²) in [7, 11) is 0. The second kappa shape index (κ2) is 6.66. The topological polar surface area (TPSA) is 55.1 Å². The molecule has 0 heterocycles. The maximum absolute atomic E-state index is 11.5. The van der Waals surface area contributed by atoms with E-state index in [1.807, 2.05) is 6.92 Å². The lowest BCUT2D eigenvalue weighted by molar-refractivity contribution is -0.122. The van der Waals surface area contributed by atoms with Gasteiger partial charge in [-0.1, -0.05) is 30.1 Å². The van der Waals surface area contributed by atoms with Gasteiger partial charge in [-0.05, 0) is 31.7 Å². The van der Waals surface area contributed by atoms with Crippen LogP contribution < -0.4 is 11.1 Å². The normalized spacial score (nSPS) is 14.2. The summed E-state index contributed by atoms with van der Waals surface area (Å²) in [6.45, 7) is 4.38. The average molecular weight is 307 g/mol. The van der Waals surface area contributed by atoms with Gasteiger partial charge in [-0.25, -0.2) is 0 Å². The van der Waals surface area contributed by atoms with Gasteiger partial charge >= 0.3 is 0 Å². The minimum atomic E-state index is -0.759. The molecule has 1 unspecified atom stereocenters. The molecule has 0 aliphatic rings. The minimum absolute atomic E-state index is 0.380. The first-order valence-corrected chi connectivity index (χ1v) is 7.26. The fourth-order valence-electron chi connectivity index (χ4n) is 1.41. The van der Waals surface area contributed by atoms with E-state index in [4.69, 9.17) is 28.9 Å². The number of amides is 1. The first-order chi connectivity index (χ1) is 8.39. The Balaban J connectivity index is 2.79. The number of carbonyl (C=O) groups is 1. The fourth-order valence-corrected chi connectivity index (χ4v) is 3.03. The van der Waals surface area contributed by atoms with Crippen LogP contribution in [0.5, 0.6) is 0 Å². The van der Waals surface area contributed by atoms with E-state index in [1.165, 1.54) is 11.8 Å². The first-order valence-electron chi connectivity index (χ1n) is 5.52. The van der Waals surface area contributed by atoms with Crippen LogP contribution in [-0.2, 0) is 4.79 Å². The molecule has 1 aromatic rings. The summed E-state index contributed by atoms with van der Waals surface area (Å²) in [6.07, 6.45) is 0. The summed E-state index contributed by atoms with van der Waals surface area (Å²) in [5.74, 6) is 0.117. The SMILES string of the molecule is CCNC(C)(CSc1cc(Cl)ccc1Cl)C(N)=O. The second-order valence-corrected chi connectivity index (χ2v) is 5.95. The van der Waals surface area contributed by atoms with Crippen molar-refractivity contribution in [1.29, 1.82) is 0 Å². The van der Waals surface area contributed by atoms with Crippen molar-refractivity contribution in [3.63, 3.8) is 0 Å². The monoisotopic (exact) mass is 306 g/mol. The van der Waals surface area contributed by atoms with Gasteiger partial charge in [-0.2, -0.15) is 0 Å². The van der Waals surface area contributed by atoms with E-state index < -0.39 is 5.54 Å². The van der Waals surface area contributed by atoms with E-state index in [1.54, 1.807) is 25.1 Å². The lowest BCUT2D eigenvalue weighted by Crippen LogP contribution is -2.55. The van der Waals surface area contributed by atoms with Crippen molar-refractivity contribution in [2.24, 2.45) is 5.73 Å². The maximum Gasteiger partial charge on any atom is 0.238 e. The lowest BCUT2D eigenvalue weighted by atomic mass is 10.1. The summed E-state index contributed by atoms with van der Waals surface area (Å²) in [5.41, 5.74) is 4.66. The van der Waals surface area contributed by atoms with Gasteiger partial charge in [0.1, 0.15) is 5.54 Å². The van der Waals surface area contributed by atoms with Gasteiger partial charge in [-0.3, -0.25) is 4.79 Å². The van der Waals surface area contributed by atoms with Crippen molar-refractivity contribution in [3.05, 3.63) is 28.2 Å². The van der Waals surface area contributed by atoms with E-state index in [0.717, 1.165) is 4.90 Å². The molecule has 18 heavy (non-hydrogen) atoms. The van der Waals surface area contributed by atoms with Gasteiger partial charge in [0.05, 0.1) is 5.02 Å². The quantitative estimate of drug-likeness (QED) is 0.795. The molecule has 0 bridgehead atoms. The van der Waals surface area contributed by atoms with Crippen LogP contribution in [0.1, 0.15) is 13.8 Å². The molecule has 1 amide bonds. The molecule has 1 rings (SSSR count). The van der Waals surface area contributed by atoms with E-state index in [0.29, 0.717) is 22.3 Å². The number of nitrogens with one attached hydrogen (secondary N) is 1. The lowest BCUT2D eigenvalue weighted by Gasteiger charge is -2.26. The van der Waals surface area contributed by atoms with Crippen molar-refractivity contribution in [2.45, 2.75) is 24.3 Å². The smallest absolute Gasteiger partial charge is 0.238 e. The van der Waals surface area contributed by atoms with Gasteiger partial charge in [-0.15, -0.1) is 11.8 Å². The Hall–Kier alpha value is -0.420. The molecule has 6 heteroatoms. The predicted octanol–water partition coefficient (Wildman–Crippen LogP) is 2.94. The number of thioether (sulfide) groups is 1. The number of benzene rings is 1. The summed E-state index contributed by atoms with van der Waals surface area (Å²) >= 11 is 13.4. The Morgan fingerprint density at radius 1 is 1.50 bits per heavy atom. The zero-order chi connectivity index (χ0) is 13.8. The van der Waals surface area contributed by atoms with Gasteiger partial charge in [0, 0.05) is 15.7 Å². The molecule has 0 saturated heterocycles. The zero-order valence-corrected chi connectivity index (χ0v) is 12.6. The highest BCUT2D eigenvalue weighted by Gasteiger charge is 2.30. The van der Waals surface area contributed by atoms with Crippen molar-refractivity contribution < 1.29 is 4.79 Å². The molecule has 0 radical (unpaired) electrons. The third-order valence-electron chi connectivity index (χ3n) is 2.52. The Morgan fingerprint density at radius 3 is 2.72 bits per heavy atom. The molecule has 3 N–H and O–H groups in total. The molecule has 0 fully saturated rings. The summed E-state index contributed by atoms with van der Waals surface area (Å²) in [6, 6.07) is 5.24. The van der Waals surface area contributed by atoms with Crippen molar-refractivity contribution in [2.75, 3.05) is 12.3 Å². The minimum Gasteiger partial charge on any atom is -0.368 e. The van der Waals surface area contributed by atoms with Crippen LogP contribution in [0.3, 0.4) is 0 Å². The Kier molecular flexibility index (Phi) is 5.79. The number of rotatable bonds is 6. The summed E-state index contributed by atoms with van der Waals surface area (Å²) in [5, 5.41) is 4.33. The van der Waals surface area contributed by atoms with Crippen LogP contribution in [0.15, 0.2) is 23.1 Å². The molecule has 0 aliphatic heterocycles. The highest BCUT2D eigenvalue weighted by atomic mass is 35.5. The number of likely N-dealkylation sites (N-methyl/N-ethyl adjacent to an activating group) is 1. The van der Waals surface area contributed by atoms with Crippen LogP contribution in [0.2, 0.25) is 10.0 Å². The average Bonchev–Trinajstić information content (AvgIpc) is 2.30. The molecular weight excluding hydrogens is 291 g/mol. The molecule has 100 valence electrons. The maximum atomic E-state index is 11.5. The summed E-state index contributed by atoms with van der Waals surface area (Å²) in [4.78, 5) is 12.3. The standard InChI is InChI=1S/C12H16Cl2N2OS/c1-3-16-12(2,11(15)17)7-18-10-6-8(13)4-5-9(10)14/h4-6,16H,3,7H2,1-2H3,(H2,15,17). The highest BCUT2D eigenvalue weighted by Crippen LogP contribution is 2.31. The number of nitrogens with two attached hydrogens (primary N) is 1. The Labute approximate surface area is 121 Å². The second-order valence-electron chi connectivity index (χ2n) is 4.09. The Bertz CT molecular complexity index is 442. The van der Waals surface area contributed by atoms with E-state index >= 15 is 0 Å². The van der Waals surface area contributed by atoms with Crippen LogP contribution in [-0.4, -0.2) is 23.7 Å².